The van der Waals surface area contributed by atoms with Crippen LogP contribution in [-0.2, 0) is 16.0 Å². The number of benzene rings is 1. The first-order valence-electron chi connectivity index (χ1n) is 10.7. The lowest BCUT2D eigenvalue weighted by molar-refractivity contribution is -0.146. The van der Waals surface area contributed by atoms with Crippen LogP contribution in [-0.4, -0.2) is 24.9 Å². The zero-order valence-corrected chi connectivity index (χ0v) is 16.2. The summed E-state index contributed by atoms with van der Waals surface area (Å²) >= 11 is 0. The van der Waals surface area contributed by atoms with Gasteiger partial charge in [0.1, 0.15) is 0 Å². The molecule has 2 N–H and O–H groups in total. The summed E-state index contributed by atoms with van der Waals surface area (Å²) in [5.74, 6) is 2.58. The minimum atomic E-state index is -0.110. The number of aryl methyl sites for hydroxylation is 1. The van der Waals surface area contributed by atoms with Gasteiger partial charge in [-0.15, -0.1) is 0 Å². The highest BCUT2D eigenvalue weighted by molar-refractivity contribution is 5.84. The molecule has 0 spiro atoms. The molecule has 4 fully saturated rings. The Labute approximate surface area is 162 Å². The van der Waals surface area contributed by atoms with E-state index in [1.165, 1.54) is 24.8 Å². The van der Waals surface area contributed by atoms with Crippen LogP contribution < -0.4 is 10.6 Å². The highest BCUT2D eigenvalue weighted by Gasteiger charge is 2.54. The van der Waals surface area contributed by atoms with E-state index in [1.54, 1.807) is 0 Å². The standard InChI is InChI=1S/C23H32N2O2/c26-21(24-9-4-7-17-5-2-1-3-6-17)8-10-25-22(27)23-14-18-11-19(15-23)13-20(12-18)16-23/h1-3,5-6,18-20H,4,7-16H2,(H,24,26)(H,25,27). The van der Waals surface area contributed by atoms with Crippen LogP contribution in [0, 0.1) is 23.2 Å². The van der Waals surface area contributed by atoms with Gasteiger partial charge in [0.2, 0.25) is 11.8 Å². The van der Waals surface area contributed by atoms with Crippen molar-refractivity contribution in [2.75, 3.05) is 13.1 Å². The van der Waals surface area contributed by atoms with Gasteiger partial charge in [-0.25, -0.2) is 0 Å². The second-order valence-corrected chi connectivity index (χ2v) is 9.14. The van der Waals surface area contributed by atoms with Crippen LogP contribution in [0.4, 0.5) is 0 Å². The fourth-order valence-electron chi connectivity index (χ4n) is 6.12. The normalized spacial score (nSPS) is 30.9. The Hall–Kier alpha value is -1.84. The first-order chi connectivity index (χ1) is 13.1. The molecule has 4 aliphatic rings. The molecule has 1 aromatic carbocycles. The fourth-order valence-corrected chi connectivity index (χ4v) is 6.12. The summed E-state index contributed by atoms with van der Waals surface area (Å²) in [4.78, 5) is 24.9. The molecule has 1 aromatic rings. The van der Waals surface area contributed by atoms with Crippen molar-refractivity contribution in [1.29, 1.82) is 0 Å². The van der Waals surface area contributed by atoms with E-state index >= 15 is 0 Å². The fraction of sp³-hybridized carbons (Fsp3) is 0.652. The van der Waals surface area contributed by atoms with Crippen LogP contribution in [0.15, 0.2) is 30.3 Å². The zero-order valence-electron chi connectivity index (χ0n) is 16.2. The van der Waals surface area contributed by atoms with Crippen molar-refractivity contribution in [1.82, 2.24) is 10.6 Å². The Morgan fingerprint density at radius 3 is 2.15 bits per heavy atom. The third-order valence-corrected chi connectivity index (χ3v) is 6.96. The number of amides is 2. The molecule has 0 aliphatic heterocycles. The lowest BCUT2D eigenvalue weighted by Crippen LogP contribution is -2.53. The van der Waals surface area contributed by atoms with Crippen LogP contribution in [0.25, 0.3) is 0 Å². The van der Waals surface area contributed by atoms with Crippen molar-refractivity contribution >= 4 is 11.8 Å². The zero-order chi connectivity index (χ0) is 18.7. The highest BCUT2D eigenvalue weighted by atomic mass is 16.2. The summed E-state index contributed by atoms with van der Waals surface area (Å²) in [5.41, 5.74) is 1.19. The monoisotopic (exact) mass is 368 g/mol. The number of carbonyl (C=O) groups excluding carboxylic acids is 2. The summed E-state index contributed by atoms with van der Waals surface area (Å²) in [5, 5.41) is 6.06. The van der Waals surface area contributed by atoms with Gasteiger partial charge in [-0.1, -0.05) is 30.3 Å². The number of hydrogen-bond donors (Lipinski definition) is 2. The molecular formula is C23H32N2O2. The lowest BCUT2D eigenvalue weighted by Gasteiger charge is -2.55. The average Bonchev–Trinajstić information content (AvgIpc) is 2.65. The van der Waals surface area contributed by atoms with Gasteiger partial charge in [-0.3, -0.25) is 9.59 Å². The first-order valence-corrected chi connectivity index (χ1v) is 10.7. The van der Waals surface area contributed by atoms with Crippen molar-refractivity contribution in [2.24, 2.45) is 23.2 Å². The largest absolute Gasteiger partial charge is 0.356 e. The third-order valence-electron chi connectivity index (χ3n) is 6.96. The maximum atomic E-state index is 12.9. The van der Waals surface area contributed by atoms with E-state index in [4.69, 9.17) is 0 Å². The molecule has 0 radical (unpaired) electrons. The molecular weight excluding hydrogens is 336 g/mol. The molecule has 2 amide bonds. The maximum absolute atomic E-state index is 12.9. The Morgan fingerprint density at radius 1 is 0.889 bits per heavy atom. The molecule has 0 atom stereocenters. The van der Waals surface area contributed by atoms with E-state index in [0.717, 1.165) is 49.9 Å². The minimum Gasteiger partial charge on any atom is -0.356 e. The van der Waals surface area contributed by atoms with E-state index in [-0.39, 0.29) is 17.2 Å². The molecule has 27 heavy (non-hydrogen) atoms. The van der Waals surface area contributed by atoms with Gasteiger partial charge in [0, 0.05) is 24.9 Å². The minimum absolute atomic E-state index is 0.0360. The second-order valence-electron chi connectivity index (χ2n) is 9.14. The van der Waals surface area contributed by atoms with Gasteiger partial charge in [0.15, 0.2) is 0 Å². The van der Waals surface area contributed by atoms with E-state index in [1.807, 2.05) is 18.2 Å². The average molecular weight is 369 g/mol. The summed E-state index contributed by atoms with van der Waals surface area (Å²) in [6, 6.07) is 10.3. The van der Waals surface area contributed by atoms with Gasteiger partial charge in [0.05, 0.1) is 0 Å². The van der Waals surface area contributed by atoms with Crippen LogP contribution in [0.3, 0.4) is 0 Å². The molecule has 4 saturated carbocycles. The quantitative estimate of drug-likeness (QED) is 0.691. The van der Waals surface area contributed by atoms with Crippen molar-refractivity contribution in [2.45, 2.75) is 57.8 Å². The molecule has 4 aliphatic carbocycles. The molecule has 4 bridgehead atoms. The predicted molar refractivity (Wildman–Crippen MR) is 106 cm³/mol. The Morgan fingerprint density at radius 2 is 1.52 bits per heavy atom. The lowest BCUT2D eigenvalue weighted by atomic mass is 9.49. The van der Waals surface area contributed by atoms with Crippen LogP contribution in [0.5, 0.6) is 0 Å². The van der Waals surface area contributed by atoms with E-state index in [2.05, 4.69) is 22.8 Å². The number of carbonyl (C=O) groups is 2. The third kappa shape index (κ3) is 4.36. The topological polar surface area (TPSA) is 58.2 Å². The molecule has 4 heteroatoms. The van der Waals surface area contributed by atoms with Crippen LogP contribution in [0.1, 0.15) is 56.9 Å². The van der Waals surface area contributed by atoms with Gasteiger partial charge in [-0.05, 0) is 74.7 Å². The number of hydrogen-bond acceptors (Lipinski definition) is 2. The smallest absolute Gasteiger partial charge is 0.226 e. The molecule has 4 nitrogen and oxygen atoms in total. The Balaban J connectivity index is 1.13. The Bertz CT molecular complexity index is 635. The van der Waals surface area contributed by atoms with Gasteiger partial charge >= 0.3 is 0 Å². The summed E-state index contributed by atoms with van der Waals surface area (Å²) in [6.07, 6.45) is 9.57. The van der Waals surface area contributed by atoms with Crippen molar-refractivity contribution in [3.63, 3.8) is 0 Å². The van der Waals surface area contributed by atoms with Crippen LogP contribution >= 0.6 is 0 Å². The second kappa shape index (κ2) is 8.04. The summed E-state index contributed by atoms with van der Waals surface area (Å²) in [6.45, 7) is 1.15. The van der Waals surface area contributed by atoms with Crippen molar-refractivity contribution in [3.8, 4) is 0 Å². The molecule has 0 unspecified atom stereocenters. The van der Waals surface area contributed by atoms with E-state index in [0.29, 0.717) is 19.5 Å². The van der Waals surface area contributed by atoms with E-state index in [9.17, 15) is 9.59 Å². The van der Waals surface area contributed by atoms with Gasteiger partial charge < -0.3 is 10.6 Å². The highest BCUT2D eigenvalue weighted by Crippen LogP contribution is 2.60. The Kier molecular flexibility index (Phi) is 5.51. The molecule has 146 valence electrons. The summed E-state index contributed by atoms with van der Waals surface area (Å²) in [7, 11) is 0. The predicted octanol–water partition coefficient (Wildman–Crippen LogP) is 3.46. The molecule has 5 rings (SSSR count). The molecule has 0 aromatic heterocycles. The summed E-state index contributed by atoms with van der Waals surface area (Å²) < 4.78 is 0. The van der Waals surface area contributed by atoms with Gasteiger partial charge in [-0.2, -0.15) is 0 Å². The SMILES string of the molecule is O=C(CCNC(=O)C12CC3CC(CC(C3)C1)C2)NCCCc1ccccc1. The number of nitrogens with one attached hydrogen (secondary N) is 2. The van der Waals surface area contributed by atoms with Gasteiger partial charge in [0.25, 0.3) is 0 Å². The van der Waals surface area contributed by atoms with Crippen LogP contribution in [0.2, 0.25) is 0 Å². The van der Waals surface area contributed by atoms with Crippen molar-refractivity contribution in [3.05, 3.63) is 35.9 Å². The maximum Gasteiger partial charge on any atom is 0.226 e. The first kappa shape index (κ1) is 18.5. The number of rotatable bonds is 8. The van der Waals surface area contributed by atoms with E-state index < -0.39 is 0 Å². The molecule has 0 heterocycles. The molecule has 0 saturated heterocycles. The van der Waals surface area contributed by atoms with Crippen molar-refractivity contribution < 1.29 is 9.59 Å².